The fourth-order valence-electron chi connectivity index (χ4n) is 1.85. The van der Waals surface area contributed by atoms with Crippen molar-refractivity contribution in [3.8, 4) is 5.75 Å². The second-order valence-electron chi connectivity index (χ2n) is 4.17. The first-order valence-corrected chi connectivity index (χ1v) is 6.07. The maximum atomic E-state index is 13.6. The van der Waals surface area contributed by atoms with E-state index in [1.807, 2.05) is 0 Å². The largest absolute Gasteiger partial charge is 0.483 e. The molecule has 0 heterocycles. The van der Waals surface area contributed by atoms with Crippen LogP contribution in [0.15, 0.2) is 48.5 Å². The van der Waals surface area contributed by atoms with Crippen molar-refractivity contribution in [1.29, 1.82) is 0 Å². The standard InChI is InChI=1S/C15H15F2NO/c16-12-5-3-4-11(10-12)14(8-9-18)19-15-7-2-1-6-13(15)17/h1-7,10,14H,8-9,18H2/t14-/m1/s1. The number of halogens is 2. The van der Waals surface area contributed by atoms with Crippen LogP contribution in [0.5, 0.6) is 5.75 Å². The Hall–Kier alpha value is -1.94. The van der Waals surface area contributed by atoms with E-state index in [9.17, 15) is 8.78 Å². The predicted octanol–water partition coefficient (Wildman–Crippen LogP) is 3.43. The second-order valence-corrected chi connectivity index (χ2v) is 4.17. The van der Waals surface area contributed by atoms with Gasteiger partial charge in [0.25, 0.3) is 0 Å². The molecule has 2 nitrogen and oxygen atoms in total. The molecule has 0 aliphatic rings. The number of ether oxygens (including phenoxy) is 1. The lowest BCUT2D eigenvalue weighted by Gasteiger charge is -2.19. The molecule has 100 valence electrons. The average Bonchev–Trinajstić information content (AvgIpc) is 2.40. The highest BCUT2D eigenvalue weighted by Gasteiger charge is 2.15. The summed E-state index contributed by atoms with van der Waals surface area (Å²) in [5, 5.41) is 0. The van der Waals surface area contributed by atoms with Crippen molar-refractivity contribution in [1.82, 2.24) is 0 Å². The van der Waals surface area contributed by atoms with Gasteiger partial charge >= 0.3 is 0 Å². The maximum absolute atomic E-state index is 13.6. The van der Waals surface area contributed by atoms with Crippen LogP contribution >= 0.6 is 0 Å². The molecule has 0 fully saturated rings. The third-order valence-corrected chi connectivity index (χ3v) is 2.76. The first-order valence-electron chi connectivity index (χ1n) is 6.07. The molecule has 2 aromatic carbocycles. The Kier molecular flexibility index (Phi) is 4.47. The summed E-state index contributed by atoms with van der Waals surface area (Å²) >= 11 is 0. The van der Waals surface area contributed by atoms with Crippen molar-refractivity contribution < 1.29 is 13.5 Å². The summed E-state index contributed by atoms with van der Waals surface area (Å²) < 4.78 is 32.4. The molecule has 2 aromatic rings. The molecule has 0 aliphatic heterocycles. The van der Waals surface area contributed by atoms with E-state index in [1.165, 1.54) is 24.3 Å². The minimum absolute atomic E-state index is 0.144. The Morgan fingerprint density at radius 3 is 2.53 bits per heavy atom. The molecule has 0 aromatic heterocycles. The van der Waals surface area contributed by atoms with Crippen molar-refractivity contribution in [2.45, 2.75) is 12.5 Å². The maximum Gasteiger partial charge on any atom is 0.165 e. The predicted molar refractivity (Wildman–Crippen MR) is 69.8 cm³/mol. The van der Waals surface area contributed by atoms with Gasteiger partial charge in [-0.3, -0.25) is 0 Å². The highest BCUT2D eigenvalue weighted by atomic mass is 19.1. The molecule has 2 N–H and O–H groups in total. The van der Waals surface area contributed by atoms with Crippen molar-refractivity contribution in [3.63, 3.8) is 0 Å². The van der Waals surface area contributed by atoms with E-state index in [1.54, 1.807) is 24.3 Å². The number of hydrogen-bond acceptors (Lipinski definition) is 2. The van der Waals surface area contributed by atoms with Crippen molar-refractivity contribution in [3.05, 3.63) is 65.7 Å². The van der Waals surface area contributed by atoms with Gasteiger partial charge in [0.1, 0.15) is 11.9 Å². The van der Waals surface area contributed by atoms with Gasteiger partial charge in [0, 0.05) is 6.42 Å². The Labute approximate surface area is 110 Å². The summed E-state index contributed by atoms with van der Waals surface area (Å²) in [5.74, 6) is -0.650. The molecule has 0 spiro atoms. The van der Waals surface area contributed by atoms with E-state index in [0.29, 0.717) is 18.5 Å². The lowest BCUT2D eigenvalue weighted by atomic mass is 10.1. The van der Waals surface area contributed by atoms with Gasteiger partial charge in [-0.05, 0) is 36.4 Å². The lowest BCUT2D eigenvalue weighted by molar-refractivity contribution is 0.188. The fourth-order valence-corrected chi connectivity index (χ4v) is 1.85. The van der Waals surface area contributed by atoms with Gasteiger partial charge in [-0.25, -0.2) is 8.78 Å². The molecule has 4 heteroatoms. The van der Waals surface area contributed by atoms with Gasteiger partial charge in [0.15, 0.2) is 11.6 Å². The quantitative estimate of drug-likeness (QED) is 0.897. The summed E-state index contributed by atoms with van der Waals surface area (Å²) in [7, 11) is 0. The Balaban J connectivity index is 2.24. The Bertz CT molecular complexity index is 545. The van der Waals surface area contributed by atoms with Crippen LogP contribution in [0, 0.1) is 11.6 Å². The SMILES string of the molecule is NCC[C@@H](Oc1ccccc1F)c1cccc(F)c1. The van der Waals surface area contributed by atoms with Crippen LogP contribution < -0.4 is 10.5 Å². The van der Waals surface area contributed by atoms with Crippen molar-refractivity contribution in [2.75, 3.05) is 6.54 Å². The van der Waals surface area contributed by atoms with Gasteiger partial charge in [-0.2, -0.15) is 0 Å². The Morgan fingerprint density at radius 1 is 1.05 bits per heavy atom. The minimum Gasteiger partial charge on any atom is -0.483 e. The van der Waals surface area contributed by atoms with Crippen LogP contribution in [0.4, 0.5) is 8.78 Å². The third-order valence-electron chi connectivity index (χ3n) is 2.76. The van der Waals surface area contributed by atoms with Crippen molar-refractivity contribution >= 4 is 0 Å². The number of para-hydroxylation sites is 1. The molecule has 0 unspecified atom stereocenters. The zero-order valence-corrected chi connectivity index (χ0v) is 10.4. The second kappa shape index (κ2) is 6.29. The van der Waals surface area contributed by atoms with E-state index in [-0.39, 0.29) is 11.6 Å². The first-order chi connectivity index (χ1) is 9.20. The average molecular weight is 263 g/mol. The Morgan fingerprint density at radius 2 is 1.84 bits per heavy atom. The number of hydrogen-bond donors (Lipinski definition) is 1. The van der Waals surface area contributed by atoms with Gasteiger partial charge in [0.05, 0.1) is 0 Å². The summed E-state index contributed by atoms with van der Waals surface area (Å²) in [5.41, 5.74) is 6.18. The number of benzene rings is 2. The molecule has 19 heavy (non-hydrogen) atoms. The molecule has 0 amide bonds. The van der Waals surface area contributed by atoms with E-state index >= 15 is 0 Å². The normalized spacial score (nSPS) is 12.2. The molecular weight excluding hydrogens is 248 g/mol. The molecule has 2 rings (SSSR count). The topological polar surface area (TPSA) is 35.2 Å². The number of nitrogens with two attached hydrogens (primary N) is 1. The van der Waals surface area contributed by atoms with Crippen LogP contribution in [-0.2, 0) is 0 Å². The van der Waals surface area contributed by atoms with E-state index in [0.717, 1.165) is 0 Å². The number of rotatable bonds is 5. The molecule has 0 aliphatic carbocycles. The highest BCUT2D eigenvalue weighted by Crippen LogP contribution is 2.26. The van der Waals surface area contributed by atoms with E-state index in [4.69, 9.17) is 10.5 Å². The molecule has 0 saturated heterocycles. The van der Waals surface area contributed by atoms with Gasteiger partial charge in [0.2, 0.25) is 0 Å². The third kappa shape index (κ3) is 3.51. The van der Waals surface area contributed by atoms with Gasteiger partial charge < -0.3 is 10.5 Å². The van der Waals surface area contributed by atoms with Crippen LogP contribution in [0.3, 0.4) is 0 Å². The molecule has 0 radical (unpaired) electrons. The fraction of sp³-hybridized carbons (Fsp3) is 0.200. The van der Waals surface area contributed by atoms with Gasteiger partial charge in [-0.1, -0.05) is 24.3 Å². The van der Waals surface area contributed by atoms with E-state index in [2.05, 4.69) is 0 Å². The molecular formula is C15H15F2NO. The van der Waals surface area contributed by atoms with Gasteiger partial charge in [-0.15, -0.1) is 0 Å². The minimum atomic E-state index is -0.461. The monoisotopic (exact) mass is 263 g/mol. The van der Waals surface area contributed by atoms with E-state index < -0.39 is 11.9 Å². The summed E-state index contributed by atoms with van der Waals surface area (Å²) in [6.07, 6.45) is 0.0234. The van der Waals surface area contributed by atoms with Crippen LogP contribution in [0.2, 0.25) is 0 Å². The summed E-state index contributed by atoms with van der Waals surface area (Å²) in [6, 6.07) is 12.2. The molecule has 0 bridgehead atoms. The molecule has 0 saturated carbocycles. The summed E-state index contributed by atoms with van der Waals surface area (Å²) in [4.78, 5) is 0. The smallest absolute Gasteiger partial charge is 0.165 e. The first kappa shape index (κ1) is 13.5. The van der Waals surface area contributed by atoms with Crippen molar-refractivity contribution in [2.24, 2.45) is 5.73 Å². The zero-order chi connectivity index (χ0) is 13.7. The lowest BCUT2D eigenvalue weighted by Crippen LogP contribution is -2.14. The molecule has 1 atom stereocenters. The van der Waals surface area contributed by atoms with Crippen LogP contribution in [0.25, 0.3) is 0 Å². The van der Waals surface area contributed by atoms with Crippen LogP contribution in [-0.4, -0.2) is 6.54 Å². The summed E-state index contributed by atoms with van der Waals surface area (Å²) in [6.45, 7) is 0.371. The van der Waals surface area contributed by atoms with Crippen LogP contribution in [0.1, 0.15) is 18.1 Å². The highest BCUT2D eigenvalue weighted by molar-refractivity contribution is 5.26. The zero-order valence-electron chi connectivity index (χ0n) is 10.4.